The molecule has 0 spiro atoms. The molecule has 6 nitrogen and oxygen atoms in total. The summed E-state index contributed by atoms with van der Waals surface area (Å²) in [5.41, 5.74) is -0.0581. The van der Waals surface area contributed by atoms with Gasteiger partial charge in [0.2, 0.25) is 0 Å². The zero-order valence-corrected chi connectivity index (χ0v) is 13.5. The molecule has 120 valence electrons. The highest BCUT2D eigenvalue weighted by Gasteiger charge is 2.24. The minimum absolute atomic E-state index is 0.572. The van der Waals surface area contributed by atoms with E-state index in [1.54, 1.807) is 52.1 Å². The highest BCUT2D eigenvalue weighted by atomic mass is 16.6. The monoisotopic (exact) mass is 307 g/mol. The van der Waals surface area contributed by atoms with Gasteiger partial charge in [0.15, 0.2) is 6.10 Å². The van der Waals surface area contributed by atoms with Crippen LogP contribution in [0.2, 0.25) is 0 Å². The second kappa shape index (κ2) is 7.59. The van der Waals surface area contributed by atoms with Gasteiger partial charge in [-0.3, -0.25) is 0 Å². The number of carbonyl (C=O) groups is 2. The average molecular weight is 307 g/mol. The van der Waals surface area contributed by atoms with Gasteiger partial charge in [-0.25, -0.2) is 14.6 Å². The fourth-order valence-electron chi connectivity index (χ4n) is 1.43. The van der Waals surface area contributed by atoms with E-state index >= 15 is 0 Å². The van der Waals surface area contributed by atoms with Gasteiger partial charge in [0.1, 0.15) is 17.6 Å². The van der Waals surface area contributed by atoms with E-state index in [9.17, 15) is 9.59 Å². The smallest absolute Gasteiger partial charge is 0.350 e. The molecule has 0 aromatic heterocycles. The molecule has 1 rings (SSSR count). The maximum Gasteiger partial charge on any atom is 0.350 e. The van der Waals surface area contributed by atoms with Crippen molar-refractivity contribution in [2.24, 2.45) is 4.99 Å². The molecule has 0 bridgehead atoms. The zero-order valence-electron chi connectivity index (χ0n) is 13.5. The number of esters is 2. The number of benzene rings is 1. The molecule has 0 heterocycles. The first-order valence-electron chi connectivity index (χ1n) is 6.83. The molecule has 0 fully saturated rings. The lowest BCUT2D eigenvalue weighted by molar-refractivity contribution is -0.171. The molecule has 1 aromatic rings. The van der Waals surface area contributed by atoms with Gasteiger partial charge in [-0.05, 0) is 52.0 Å². The summed E-state index contributed by atoms with van der Waals surface area (Å²) in [5.74, 6) is -0.618. The molecule has 0 saturated carbocycles. The van der Waals surface area contributed by atoms with Crippen LogP contribution in [0.5, 0.6) is 5.75 Å². The Morgan fingerprint density at radius 1 is 1.18 bits per heavy atom. The van der Waals surface area contributed by atoms with E-state index in [1.165, 1.54) is 6.92 Å². The van der Waals surface area contributed by atoms with E-state index in [2.05, 4.69) is 4.99 Å². The molecule has 0 aliphatic heterocycles. The molecule has 0 N–H and O–H groups in total. The summed E-state index contributed by atoms with van der Waals surface area (Å²) in [5, 5.41) is 0. The molecule has 22 heavy (non-hydrogen) atoms. The minimum atomic E-state index is -0.992. The Hall–Kier alpha value is -2.37. The van der Waals surface area contributed by atoms with Crippen LogP contribution >= 0.6 is 0 Å². The van der Waals surface area contributed by atoms with E-state index in [-0.39, 0.29) is 0 Å². The Kier molecular flexibility index (Phi) is 6.10. The van der Waals surface area contributed by atoms with Crippen molar-refractivity contribution in [2.45, 2.75) is 39.4 Å². The average Bonchev–Trinajstić information content (AvgIpc) is 2.43. The fourth-order valence-corrected chi connectivity index (χ4v) is 1.43. The van der Waals surface area contributed by atoms with Crippen molar-refractivity contribution in [2.75, 3.05) is 7.11 Å². The Balaban J connectivity index is 2.54. The third-order valence-electron chi connectivity index (χ3n) is 2.42. The maximum atomic E-state index is 11.7. The van der Waals surface area contributed by atoms with Crippen LogP contribution < -0.4 is 4.74 Å². The molecule has 0 amide bonds. The van der Waals surface area contributed by atoms with Crippen molar-refractivity contribution >= 4 is 23.8 Å². The number of methoxy groups -OCH3 is 1. The van der Waals surface area contributed by atoms with Gasteiger partial charge < -0.3 is 14.2 Å². The van der Waals surface area contributed by atoms with Crippen molar-refractivity contribution in [1.82, 2.24) is 0 Å². The summed E-state index contributed by atoms with van der Waals surface area (Å²) in [7, 11) is 1.56. The maximum absolute atomic E-state index is 11.7. The minimum Gasteiger partial charge on any atom is -0.497 e. The predicted octanol–water partition coefficient (Wildman–Crippen LogP) is 2.67. The number of aliphatic imine (C=N–C) groups is 1. The van der Waals surface area contributed by atoms with E-state index < -0.39 is 23.6 Å². The largest absolute Gasteiger partial charge is 0.497 e. The van der Waals surface area contributed by atoms with Crippen LogP contribution in [0.15, 0.2) is 29.3 Å². The lowest BCUT2D eigenvalue weighted by Gasteiger charge is -2.21. The Bertz CT molecular complexity index is 543. The normalized spacial score (nSPS) is 12.8. The van der Waals surface area contributed by atoms with Crippen molar-refractivity contribution in [3.8, 4) is 5.75 Å². The Morgan fingerprint density at radius 3 is 2.27 bits per heavy atom. The third-order valence-corrected chi connectivity index (χ3v) is 2.42. The molecule has 0 saturated heterocycles. The van der Waals surface area contributed by atoms with Crippen LogP contribution in [0.4, 0.5) is 5.69 Å². The summed E-state index contributed by atoms with van der Waals surface area (Å²) in [6.07, 6.45) is 0.0249. The molecule has 0 unspecified atom stereocenters. The molecule has 6 heteroatoms. The van der Waals surface area contributed by atoms with Crippen molar-refractivity contribution in [3.63, 3.8) is 0 Å². The highest BCUT2D eigenvalue weighted by Crippen LogP contribution is 2.17. The molecule has 0 aliphatic carbocycles. The molecule has 0 aliphatic rings. The van der Waals surface area contributed by atoms with Gasteiger partial charge in [0, 0.05) is 0 Å². The first kappa shape index (κ1) is 17.7. The first-order valence-corrected chi connectivity index (χ1v) is 6.83. The number of hydrogen-bond acceptors (Lipinski definition) is 6. The van der Waals surface area contributed by atoms with E-state index in [0.29, 0.717) is 11.4 Å². The van der Waals surface area contributed by atoms with Crippen molar-refractivity contribution in [1.29, 1.82) is 0 Å². The third kappa shape index (κ3) is 6.39. The van der Waals surface area contributed by atoms with Crippen LogP contribution in [0.3, 0.4) is 0 Å². The SMILES string of the molecule is COc1ccc(N=CC(=O)O[C@H](C)C(=O)OC(C)(C)C)cc1. The quantitative estimate of drug-likeness (QED) is 0.617. The second-order valence-corrected chi connectivity index (χ2v) is 5.57. The van der Waals surface area contributed by atoms with E-state index in [0.717, 1.165) is 6.21 Å². The molecule has 1 atom stereocenters. The first-order chi connectivity index (χ1) is 10.2. The lowest BCUT2D eigenvalue weighted by Crippen LogP contribution is -2.33. The van der Waals surface area contributed by atoms with Crippen molar-refractivity contribution in [3.05, 3.63) is 24.3 Å². The Morgan fingerprint density at radius 2 is 1.77 bits per heavy atom. The van der Waals surface area contributed by atoms with Gasteiger partial charge in [-0.1, -0.05) is 0 Å². The molecular weight excluding hydrogens is 286 g/mol. The Labute approximate surface area is 130 Å². The van der Waals surface area contributed by atoms with Gasteiger partial charge in [0.25, 0.3) is 0 Å². The number of ether oxygens (including phenoxy) is 3. The topological polar surface area (TPSA) is 74.2 Å². The van der Waals surface area contributed by atoms with E-state index in [4.69, 9.17) is 14.2 Å². The fraction of sp³-hybridized carbons (Fsp3) is 0.438. The molecule has 1 aromatic carbocycles. The molecule has 0 radical (unpaired) electrons. The summed E-state index contributed by atoms with van der Waals surface area (Å²) < 4.78 is 15.1. The van der Waals surface area contributed by atoms with Gasteiger partial charge in [-0.2, -0.15) is 0 Å². The van der Waals surface area contributed by atoms with Gasteiger partial charge in [0.05, 0.1) is 12.8 Å². The van der Waals surface area contributed by atoms with Crippen LogP contribution in [0, 0.1) is 0 Å². The number of nitrogens with zero attached hydrogens (tertiary/aromatic N) is 1. The number of carbonyl (C=O) groups excluding carboxylic acids is 2. The lowest BCUT2D eigenvalue weighted by atomic mass is 10.2. The number of hydrogen-bond donors (Lipinski definition) is 0. The summed E-state index contributed by atoms with van der Waals surface area (Å²) in [4.78, 5) is 27.3. The van der Waals surface area contributed by atoms with Gasteiger partial charge in [-0.15, -0.1) is 0 Å². The second-order valence-electron chi connectivity index (χ2n) is 5.57. The summed E-state index contributed by atoms with van der Waals surface area (Å²) in [6.45, 7) is 6.67. The van der Waals surface area contributed by atoms with Crippen LogP contribution in [0.1, 0.15) is 27.7 Å². The highest BCUT2D eigenvalue weighted by molar-refractivity contribution is 6.24. The van der Waals surface area contributed by atoms with Crippen LogP contribution in [-0.2, 0) is 19.1 Å². The summed E-state index contributed by atoms with van der Waals surface area (Å²) >= 11 is 0. The van der Waals surface area contributed by atoms with Gasteiger partial charge >= 0.3 is 11.9 Å². The summed E-state index contributed by atoms with van der Waals surface area (Å²) in [6, 6.07) is 6.84. The van der Waals surface area contributed by atoms with Crippen LogP contribution in [0.25, 0.3) is 0 Å². The number of rotatable bonds is 5. The zero-order chi connectivity index (χ0) is 16.8. The van der Waals surface area contributed by atoms with E-state index in [1.807, 2.05) is 0 Å². The molecular formula is C16H21NO5. The van der Waals surface area contributed by atoms with Crippen LogP contribution in [-0.4, -0.2) is 37.0 Å². The standard InChI is InChI=1S/C16H21NO5/c1-11(15(19)22-16(2,3)4)21-14(18)10-17-12-6-8-13(20-5)9-7-12/h6-11H,1-5H3/t11-/m1/s1. The predicted molar refractivity (Wildman–Crippen MR) is 82.5 cm³/mol. The van der Waals surface area contributed by atoms with Crippen molar-refractivity contribution < 1.29 is 23.8 Å².